The van der Waals surface area contributed by atoms with Gasteiger partial charge in [-0.25, -0.2) is 0 Å². The fourth-order valence-electron chi connectivity index (χ4n) is 2.60. The number of para-hydroxylation sites is 1. The zero-order chi connectivity index (χ0) is 15.8. The minimum absolute atomic E-state index is 0.0144. The molecule has 5 heteroatoms. The van der Waals surface area contributed by atoms with Crippen molar-refractivity contribution in [2.45, 2.75) is 32.6 Å². The van der Waals surface area contributed by atoms with Gasteiger partial charge in [0.1, 0.15) is 5.75 Å². The molecule has 1 aliphatic heterocycles. The number of rotatable bonds is 7. The molecule has 1 heterocycles. The Balaban J connectivity index is 1.74. The molecule has 0 aliphatic carbocycles. The smallest absolute Gasteiger partial charge is 0.241 e. The summed E-state index contributed by atoms with van der Waals surface area (Å²) >= 11 is 0. The number of nitrogens with one attached hydrogen (secondary N) is 1. The molecule has 120 valence electrons. The van der Waals surface area contributed by atoms with Gasteiger partial charge in [-0.05, 0) is 37.8 Å². The minimum Gasteiger partial charge on any atom is -0.494 e. The third kappa shape index (κ3) is 4.76. The predicted octanol–water partition coefficient (Wildman–Crippen LogP) is 1.76. The number of amides is 2. The number of likely N-dealkylation sites (tertiary alicyclic amines) is 1. The summed E-state index contributed by atoms with van der Waals surface area (Å²) in [6, 6.07) is 7.73. The molecule has 0 saturated carbocycles. The molecule has 2 amide bonds. The Bertz CT molecular complexity index is 510. The minimum atomic E-state index is -0.0983. The largest absolute Gasteiger partial charge is 0.494 e. The van der Waals surface area contributed by atoms with Crippen LogP contribution in [0.1, 0.15) is 31.7 Å². The highest BCUT2D eigenvalue weighted by Gasteiger charge is 2.18. The average Bonchev–Trinajstić information content (AvgIpc) is 3.06. The summed E-state index contributed by atoms with van der Waals surface area (Å²) in [5.74, 6) is 0.741. The summed E-state index contributed by atoms with van der Waals surface area (Å²) in [7, 11) is 0. The highest BCUT2D eigenvalue weighted by atomic mass is 16.5. The van der Waals surface area contributed by atoms with Gasteiger partial charge in [-0.15, -0.1) is 0 Å². The Labute approximate surface area is 131 Å². The second kappa shape index (κ2) is 8.41. The van der Waals surface area contributed by atoms with Crippen molar-refractivity contribution in [3.63, 3.8) is 0 Å². The first-order valence-electron chi connectivity index (χ1n) is 7.96. The monoisotopic (exact) mass is 304 g/mol. The van der Waals surface area contributed by atoms with Crippen molar-refractivity contribution < 1.29 is 14.3 Å². The molecule has 5 nitrogen and oxygen atoms in total. The number of ether oxygens (including phenoxy) is 1. The molecular weight excluding hydrogens is 280 g/mol. The summed E-state index contributed by atoms with van der Waals surface area (Å²) < 4.78 is 5.54. The van der Waals surface area contributed by atoms with E-state index < -0.39 is 0 Å². The standard InChI is InChI=1S/C17H24N2O3/c1-2-22-15-8-4-3-7-14(15)9-10-16(20)18-13-17(21)19-11-5-6-12-19/h3-4,7-8H,2,5-6,9-13H2,1H3,(H,18,20). The van der Waals surface area contributed by atoms with Gasteiger partial charge in [0.05, 0.1) is 13.2 Å². The van der Waals surface area contributed by atoms with E-state index in [1.807, 2.05) is 36.1 Å². The molecule has 2 rings (SSSR count). The lowest BCUT2D eigenvalue weighted by molar-refractivity contribution is -0.132. The second-order valence-corrected chi connectivity index (χ2v) is 5.41. The van der Waals surface area contributed by atoms with Crippen LogP contribution in [0.3, 0.4) is 0 Å². The molecule has 0 bridgehead atoms. The van der Waals surface area contributed by atoms with Crippen LogP contribution in [0.15, 0.2) is 24.3 Å². The first kappa shape index (κ1) is 16.3. The van der Waals surface area contributed by atoms with E-state index in [0.717, 1.165) is 37.2 Å². The SMILES string of the molecule is CCOc1ccccc1CCC(=O)NCC(=O)N1CCCC1. The zero-order valence-corrected chi connectivity index (χ0v) is 13.1. The Hall–Kier alpha value is -2.04. The molecular formula is C17H24N2O3. The quantitative estimate of drug-likeness (QED) is 0.835. The van der Waals surface area contributed by atoms with E-state index in [4.69, 9.17) is 4.74 Å². The van der Waals surface area contributed by atoms with Crippen molar-refractivity contribution in [3.8, 4) is 5.75 Å². The maximum absolute atomic E-state index is 11.9. The fraction of sp³-hybridized carbons (Fsp3) is 0.529. The van der Waals surface area contributed by atoms with Crippen LogP contribution >= 0.6 is 0 Å². The molecule has 0 aromatic heterocycles. The number of carbonyl (C=O) groups excluding carboxylic acids is 2. The van der Waals surface area contributed by atoms with Gasteiger partial charge in [-0.2, -0.15) is 0 Å². The highest BCUT2D eigenvalue weighted by molar-refractivity contribution is 5.84. The maximum Gasteiger partial charge on any atom is 0.241 e. The van der Waals surface area contributed by atoms with Gasteiger partial charge in [-0.1, -0.05) is 18.2 Å². The van der Waals surface area contributed by atoms with E-state index in [0.29, 0.717) is 19.4 Å². The van der Waals surface area contributed by atoms with E-state index in [-0.39, 0.29) is 18.4 Å². The molecule has 0 spiro atoms. The maximum atomic E-state index is 11.9. The van der Waals surface area contributed by atoms with E-state index in [1.54, 1.807) is 0 Å². The molecule has 0 unspecified atom stereocenters. The second-order valence-electron chi connectivity index (χ2n) is 5.41. The Morgan fingerprint density at radius 3 is 2.68 bits per heavy atom. The lowest BCUT2D eigenvalue weighted by Crippen LogP contribution is -2.38. The van der Waals surface area contributed by atoms with E-state index >= 15 is 0 Å². The number of aryl methyl sites for hydroxylation is 1. The van der Waals surface area contributed by atoms with Crippen LogP contribution in [0, 0.1) is 0 Å². The van der Waals surface area contributed by atoms with Crippen LogP contribution < -0.4 is 10.1 Å². The molecule has 22 heavy (non-hydrogen) atoms. The number of benzene rings is 1. The van der Waals surface area contributed by atoms with Crippen molar-refractivity contribution in [3.05, 3.63) is 29.8 Å². The third-order valence-electron chi connectivity index (χ3n) is 3.79. The fourth-order valence-corrected chi connectivity index (χ4v) is 2.60. The molecule has 1 saturated heterocycles. The van der Waals surface area contributed by atoms with Crippen molar-refractivity contribution >= 4 is 11.8 Å². The molecule has 1 aromatic rings. The molecule has 0 radical (unpaired) electrons. The van der Waals surface area contributed by atoms with Gasteiger partial charge in [0.15, 0.2) is 0 Å². The number of hydrogen-bond donors (Lipinski definition) is 1. The van der Waals surface area contributed by atoms with Crippen LogP contribution in [0.4, 0.5) is 0 Å². The summed E-state index contributed by atoms with van der Waals surface area (Å²) in [6.07, 6.45) is 3.10. The zero-order valence-electron chi connectivity index (χ0n) is 13.1. The van der Waals surface area contributed by atoms with Crippen molar-refractivity contribution in [2.24, 2.45) is 0 Å². The molecule has 1 aromatic carbocycles. The van der Waals surface area contributed by atoms with Gasteiger partial charge in [0.25, 0.3) is 0 Å². The first-order valence-corrected chi connectivity index (χ1v) is 7.96. The topological polar surface area (TPSA) is 58.6 Å². The molecule has 1 aliphatic rings. The summed E-state index contributed by atoms with van der Waals surface area (Å²) in [6.45, 7) is 4.28. The van der Waals surface area contributed by atoms with Crippen LogP contribution in [0.5, 0.6) is 5.75 Å². The van der Waals surface area contributed by atoms with Gasteiger partial charge >= 0.3 is 0 Å². The van der Waals surface area contributed by atoms with Crippen LogP contribution in [-0.4, -0.2) is 43.0 Å². The van der Waals surface area contributed by atoms with Crippen molar-refractivity contribution in [1.29, 1.82) is 0 Å². The van der Waals surface area contributed by atoms with E-state index in [9.17, 15) is 9.59 Å². The molecule has 0 atom stereocenters. The van der Waals surface area contributed by atoms with Crippen LogP contribution in [0.25, 0.3) is 0 Å². The normalized spacial score (nSPS) is 14.0. The lowest BCUT2D eigenvalue weighted by atomic mass is 10.1. The Kier molecular flexibility index (Phi) is 6.25. The van der Waals surface area contributed by atoms with Crippen LogP contribution in [0.2, 0.25) is 0 Å². The van der Waals surface area contributed by atoms with E-state index in [2.05, 4.69) is 5.32 Å². The van der Waals surface area contributed by atoms with Crippen molar-refractivity contribution in [2.75, 3.05) is 26.2 Å². The van der Waals surface area contributed by atoms with Crippen molar-refractivity contribution in [1.82, 2.24) is 10.2 Å². The highest BCUT2D eigenvalue weighted by Crippen LogP contribution is 2.19. The Morgan fingerprint density at radius 1 is 1.23 bits per heavy atom. The summed E-state index contributed by atoms with van der Waals surface area (Å²) in [5.41, 5.74) is 1.02. The van der Waals surface area contributed by atoms with Crippen LogP contribution in [-0.2, 0) is 16.0 Å². The van der Waals surface area contributed by atoms with E-state index in [1.165, 1.54) is 0 Å². The summed E-state index contributed by atoms with van der Waals surface area (Å²) in [4.78, 5) is 25.5. The number of carbonyl (C=O) groups is 2. The Morgan fingerprint density at radius 2 is 1.95 bits per heavy atom. The average molecular weight is 304 g/mol. The van der Waals surface area contributed by atoms with Gasteiger partial charge in [-0.3, -0.25) is 9.59 Å². The third-order valence-corrected chi connectivity index (χ3v) is 3.79. The molecule has 1 N–H and O–H groups in total. The summed E-state index contributed by atoms with van der Waals surface area (Å²) in [5, 5.41) is 2.71. The van der Waals surface area contributed by atoms with Gasteiger partial charge in [0, 0.05) is 19.5 Å². The lowest BCUT2D eigenvalue weighted by Gasteiger charge is -2.15. The van der Waals surface area contributed by atoms with Gasteiger partial charge in [0.2, 0.25) is 11.8 Å². The number of nitrogens with zero attached hydrogens (tertiary/aromatic N) is 1. The number of hydrogen-bond acceptors (Lipinski definition) is 3. The predicted molar refractivity (Wildman–Crippen MR) is 84.8 cm³/mol. The van der Waals surface area contributed by atoms with Gasteiger partial charge < -0.3 is 15.0 Å². The first-order chi connectivity index (χ1) is 10.7. The molecule has 1 fully saturated rings.